The molecule has 0 aliphatic carbocycles. The Balaban J connectivity index is 1.59. The molecule has 0 atom stereocenters. The number of aryl methyl sites for hydroxylation is 2. The number of ether oxygens (including phenoxy) is 1. The lowest BCUT2D eigenvalue weighted by molar-refractivity contribution is 0.0994. The Morgan fingerprint density at radius 1 is 1.12 bits per heavy atom. The predicted molar refractivity (Wildman–Crippen MR) is 123 cm³/mol. The van der Waals surface area contributed by atoms with Crippen LogP contribution in [0.2, 0.25) is 5.02 Å². The second kappa shape index (κ2) is 8.91. The average molecular weight is 469 g/mol. The minimum Gasteiger partial charge on any atom is -0.447 e. The largest absolute Gasteiger partial charge is 0.447 e. The number of imidazole rings is 1. The van der Waals surface area contributed by atoms with Crippen molar-refractivity contribution in [1.29, 1.82) is 0 Å². The molecule has 0 spiro atoms. The first-order valence-electron chi connectivity index (χ1n) is 10.1. The lowest BCUT2D eigenvalue weighted by Gasteiger charge is -2.09. The average Bonchev–Trinajstić information content (AvgIpc) is 3.30. The van der Waals surface area contributed by atoms with Crippen LogP contribution in [0, 0.1) is 13.8 Å². The van der Waals surface area contributed by atoms with Gasteiger partial charge in [-0.05, 0) is 39.0 Å². The molecule has 0 fully saturated rings. The van der Waals surface area contributed by atoms with E-state index in [-0.39, 0.29) is 11.9 Å². The summed E-state index contributed by atoms with van der Waals surface area (Å²) in [5, 5.41) is 5.85. The van der Waals surface area contributed by atoms with Crippen LogP contribution < -0.4 is 10.6 Å². The van der Waals surface area contributed by atoms with Crippen molar-refractivity contribution in [3.63, 3.8) is 0 Å². The Hall–Kier alpha value is -3.92. The Bertz CT molecular complexity index is 1360. The molecule has 0 unspecified atom stereocenters. The van der Waals surface area contributed by atoms with E-state index in [0.29, 0.717) is 45.0 Å². The number of oxazole rings is 1. The van der Waals surface area contributed by atoms with Crippen LogP contribution in [0.1, 0.15) is 36.0 Å². The third-order valence-corrected chi connectivity index (χ3v) is 4.84. The third kappa shape index (κ3) is 4.96. The maximum Gasteiger partial charge on any atom is 0.411 e. The summed E-state index contributed by atoms with van der Waals surface area (Å²) >= 11 is 6.40. The van der Waals surface area contributed by atoms with Crippen molar-refractivity contribution >= 4 is 40.8 Å². The van der Waals surface area contributed by atoms with E-state index in [1.54, 1.807) is 62.7 Å². The van der Waals surface area contributed by atoms with Crippen molar-refractivity contribution < 1.29 is 18.7 Å². The van der Waals surface area contributed by atoms with E-state index >= 15 is 0 Å². The van der Waals surface area contributed by atoms with Crippen LogP contribution in [0.5, 0.6) is 0 Å². The Morgan fingerprint density at radius 3 is 2.61 bits per heavy atom. The minimum atomic E-state index is -0.574. The SMILES string of the molecule is Cc1nc(C)c(C(=O)Nc2ccc(Cl)c(-c3cn4cc(NC(=O)OC(C)C)cnc4n3)c2)o1. The van der Waals surface area contributed by atoms with Gasteiger partial charge in [0.05, 0.1) is 34.4 Å². The molecule has 170 valence electrons. The fraction of sp³-hybridized carbons (Fsp3) is 0.227. The third-order valence-electron chi connectivity index (χ3n) is 4.51. The van der Waals surface area contributed by atoms with Crippen molar-refractivity contribution in [3.05, 3.63) is 59.2 Å². The molecule has 0 saturated carbocycles. The zero-order valence-corrected chi connectivity index (χ0v) is 19.1. The summed E-state index contributed by atoms with van der Waals surface area (Å²) in [5.41, 5.74) is 2.60. The highest BCUT2D eigenvalue weighted by Crippen LogP contribution is 2.30. The standard InChI is InChI=1S/C22H21ClN6O4/c1-11(2)32-22(31)27-15-8-24-21-28-18(10-29(21)9-15)16-7-14(5-6-17(16)23)26-20(30)19-12(3)25-13(4)33-19/h5-11H,1-4H3,(H,26,30)(H,27,31). The lowest BCUT2D eigenvalue weighted by atomic mass is 10.1. The molecular formula is C22H21ClN6O4. The number of benzene rings is 1. The molecule has 0 bridgehead atoms. The Kier molecular flexibility index (Phi) is 6.01. The summed E-state index contributed by atoms with van der Waals surface area (Å²) in [7, 11) is 0. The van der Waals surface area contributed by atoms with E-state index in [1.165, 1.54) is 6.20 Å². The highest BCUT2D eigenvalue weighted by molar-refractivity contribution is 6.33. The van der Waals surface area contributed by atoms with Crippen LogP contribution >= 0.6 is 11.6 Å². The van der Waals surface area contributed by atoms with Crippen LogP contribution in [-0.2, 0) is 4.74 Å². The molecule has 0 saturated heterocycles. The summed E-state index contributed by atoms with van der Waals surface area (Å²) in [6.07, 6.45) is 4.05. The van der Waals surface area contributed by atoms with E-state index < -0.39 is 12.0 Å². The van der Waals surface area contributed by atoms with E-state index in [0.717, 1.165) is 0 Å². The number of anilines is 2. The number of fused-ring (bicyclic) bond motifs is 1. The molecule has 33 heavy (non-hydrogen) atoms. The maximum atomic E-state index is 12.6. The molecule has 0 aliphatic heterocycles. The topological polar surface area (TPSA) is 124 Å². The molecule has 0 radical (unpaired) electrons. The van der Waals surface area contributed by atoms with E-state index in [2.05, 4.69) is 25.6 Å². The van der Waals surface area contributed by atoms with Crippen LogP contribution in [0.4, 0.5) is 16.2 Å². The number of rotatable bonds is 5. The number of carbonyl (C=O) groups is 2. The first kappa shape index (κ1) is 22.3. The normalized spacial score (nSPS) is 11.1. The number of nitrogens with zero attached hydrogens (tertiary/aromatic N) is 4. The van der Waals surface area contributed by atoms with Crippen molar-refractivity contribution in [3.8, 4) is 11.3 Å². The zero-order chi connectivity index (χ0) is 23.7. The number of amides is 2. The number of carbonyl (C=O) groups excluding carboxylic acids is 2. The van der Waals surface area contributed by atoms with Gasteiger partial charge in [-0.3, -0.25) is 14.5 Å². The minimum absolute atomic E-state index is 0.150. The second-order valence-corrected chi connectivity index (χ2v) is 7.96. The maximum absolute atomic E-state index is 12.6. The number of aromatic nitrogens is 4. The van der Waals surface area contributed by atoms with Gasteiger partial charge < -0.3 is 14.5 Å². The smallest absolute Gasteiger partial charge is 0.411 e. The monoisotopic (exact) mass is 468 g/mol. The molecule has 11 heteroatoms. The van der Waals surface area contributed by atoms with E-state index in [9.17, 15) is 9.59 Å². The molecular weight excluding hydrogens is 448 g/mol. The summed E-state index contributed by atoms with van der Waals surface area (Å²) in [6, 6.07) is 5.05. The van der Waals surface area contributed by atoms with Gasteiger partial charge in [-0.1, -0.05) is 11.6 Å². The summed E-state index contributed by atoms with van der Waals surface area (Å²) in [5.74, 6) is 0.558. The molecule has 2 N–H and O–H groups in total. The van der Waals surface area contributed by atoms with Gasteiger partial charge >= 0.3 is 6.09 Å². The quantitative estimate of drug-likeness (QED) is 0.428. The predicted octanol–water partition coefficient (Wildman–Crippen LogP) is 4.86. The molecule has 3 heterocycles. The van der Waals surface area contributed by atoms with Crippen molar-refractivity contribution in [2.24, 2.45) is 0 Å². The van der Waals surface area contributed by atoms with Crippen molar-refractivity contribution in [2.45, 2.75) is 33.8 Å². The van der Waals surface area contributed by atoms with Gasteiger partial charge in [0.2, 0.25) is 11.5 Å². The van der Waals surface area contributed by atoms with Crippen LogP contribution in [0.15, 0.2) is 41.2 Å². The molecule has 10 nitrogen and oxygen atoms in total. The van der Waals surface area contributed by atoms with Gasteiger partial charge in [-0.2, -0.15) is 0 Å². The highest BCUT2D eigenvalue weighted by Gasteiger charge is 2.17. The zero-order valence-electron chi connectivity index (χ0n) is 18.3. The summed E-state index contributed by atoms with van der Waals surface area (Å²) in [4.78, 5) is 37.3. The van der Waals surface area contributed by atoms with Gasteiger partial charge in [-0.15, -0.1) is 0 Å². The van der Waals surface area contributed by atoms with Gasteiger partial charge in [-0.25, -0.2) is 19.7 Å². The van der Waals surface area contributed by atoms with E-state index in [1.807, 2.05) is 0 Å². The van der Waals surface area contributed by atoms with Crippen molar-refractivity contribution in [2.75, 3.05) is 10.6 Å². The number of nitrogens with one attached hydrogen (secondary N) is 2. The van der Waals surface area contributed by atoms with E-state index in [4.69, 9.17) is 20.8 Å². The van der Waals surface area contributed by atoms with Crippen molar-refractivity contribution in [1.82, 2.24) is 19.4 Å². The molecule has 4 rings (SSSR count). The summed E-state index contributed by atoms with van der Waals surface area (Å²) in [6.45, 7) is 6.90. The van der Waals surface area contributed by atoms with Crippen LogP contribution in [-0.4, -0.2) is 37.5 Å². The molecule has 2 amide bonds. The fourth-order valence-electron chi connectivity index (χ4n) is 3.17. The second-order valence-electron chi connectivity index (χ2n) is 7.55. The molecule has 0 aliphatic rings. The van der Waals surface area contributed by atoms with Gasteiger partial charge in [0.15, 0.2) is 5.89 Å². The molecule has 1 aromatic carbocycles. The molecule has 4 aromatic rings. The summed E-state index contributed by atoms with van der Waals surface area (Å²) < 4.78 is 12.1. The van der Waals surface area contributed by atoms with Crippen LogP contribution in [0.25, 0.3) is 17.0 Å². The van der Waals surface area contributed by atoms with Gasteiger partial charge in [0, 0.05) is 30.6 Å². The molecule has 3 aromatic heterocycles. The highest BCUT2D eigenvalue weighted by atomic mass is 35.5. The fourth-order valence-corrected chi connectivity index (χ4v) is 3.38. The van der Waals surface area contributed by atoms with Gasteiger partial charge in [0.25, 0.3) is 5.91 Å². The number of hydrogen-bond donors (Lipinski definition) is 2. The number of halogens is 1. The Morgan fingerprint density at radius 2 is 1.91 bits per heavy atom. The first-order chi connectivity index (χ1) is 15.7. The first-order valence-corrected chi connectivity index (χ1v) is 10.4. The van der Waals surface area contributed by atoms with Crippen LogP contribution in [0.3, 0.4) is 0 Å². The Labute approximate surface area is 194 Å². The van der Waals surface area contributed by atoms with Gasteiger partial charge in [0.1, 0.15) is 0 Å². The lowest BCUT2D eigenvalue weighted by Crippen LogP contribution is -2.18. The number of hydrogen-bond acceptors (Lipinski definition) is 7.